The number of ether oxygens (including phenoxy) is 1. The van der Waals surface area contributed by atoms with Gasteiger partial charge in [-0.25, -0.2) is 0 Å². The third-order valence-electron chi connectivity index (χ3n) is 2.90. The molecule has 0 aliphatic rings. The van der Waals surface area contributed by atoms with Gasteiger partial charge in [0, 0.05) is 0 Å². The van der Waals surface area contributed by atoms with Crippen LogP contribution in [0.1, 0.15) is 37.9 Å². The van der Waals surface area contributed by atoms with Gasteiger partial charge in [-0.1, -0.05) is 26.8 Å². The van der Waals surface area contributed by atoms with Crippen molar-refractivity contribution in [1.82, 2.24) is 5.32 Å². The molecule has 18 heavy (non-hydrogen) atoms. The maximum absolute atomic E-state index is 11.2. The van der Waals surface area contributed by atoms with Gasteiger partial charge in [-0.15, -0.1) is 0 Å². The molecule has 2 N–H and O–H groups in total. The van der Waals surface area contributed by atoms with Crippen molar-refractivity contribution in [3.8, 4) is 5.75 Å². The molecule has 4 nitrogen and oxygen atoms in total. The molecule has 1 rings (SSSR count). The lowest BCUT2D eigenvalue weighted by atomic mass is 9.84. The Labute approximate surface area is 108 Å². The number of benzene rings is 1. The summed E-state index contributed by atoms with van der Waals surface area (Å²) >= 11 is 0. The Hall–Kier alpha value is -1.55. The van der Waals surface area contributed by atoms with Gasteiger partial charge in [0.2, 0.25) is 0 Å². The van der Waals surface area contributed by atoms with E-state index in [1.54, 1.807) is 20.2 Å². The SMILES string of the molecule is CNC(C(=O)O)c1ccc(OC)c(C(C)(C)C)c1. The van der Waals surface area contributed by atoms with E-state index in [-0.39, 0.29) is 5.41 Å². The number of likely N-dealkylation sites (N-methyl/N-ethyl adjacent to an activating group) is 1. The quantitative estimate of drug-likeness (QED) is 0.862. The predicted molar refractivity (Wildman–Crippen MR) is 71.1 cm³/mol. The predicted octanol–water partition coefficient (Wildman–Crippen LogP) is 2.34. The number of carboxylic acids is 1. The Morgan fingerprint density at radius 1 is 1.39 bits per heavy atom. The Bertz CT molecular complexity index is 435. The minimum Gasteiger partial charge on any atom is -0.496 e. The van der Waals surface area contributed by atoms with Crippen LogP contribution in [-0.2, 0) is 10.2 Å². The van der Waals surface area contributed by atoms with E-state index < -0.39 is 12.0 Å². The molecule has 0 spiro atoms. The highest BCUT2D eigenvalue weighted by atomic mass is 16.5. The topological polar surface area (TPSA) is 58.6 Å². The summed E-state index contributed by atoms with van der Waals surface area (Å²) in [5.41, 5.74) is 1.64. The highest BCUT2D eigenvalue weighted by Crippen LogP contribution is 2.33. The maximum Gasteiger partial charge on any atom is 0.325 e. The standard InChI is InChI=1S/C14H21NO3/c1-14(2,3)10-8-9(6-7-11(10)18-5)12(15-4)13(16)17/h6-8,12,15H,1-5H3,(H,16,17). The Morgan fingerprint density at radius 3 is 2.39 bits per heavy atom. The zero-order chi connectivity index (χ0) is 13.9. The van der Waals surface area contributed by atoms with Gasteiger partial charge in [-0.2, -0.15) is 0 Å². The molecule has 1 aromatic rings. The fourth-order valence-corrected chi connectivity index (χ4v) is 1.92. The summed E-state index contributed by atoms with van der Waals surface area (Å²) in [4.78, 5) is 11.2. The van der Waals surface area contributed by atoms with Crippen molar-refractivity contribution in [1.29, 1.82) is 0 Å². The van der Waals surface area contributed by atoms with Crippen molar-refractivity contribution in [3.05, 3.63) is 29.3 Å². The first-order valence-electron chi connectivity index (χ1n) is 5.89. The van der Waals surface area contributed by atoms with E-state index in [1.807, 2.05) is 12.1 Å². The van der Waals surface area contributed by atoms with Crippen LogP contribution in [-0.4, -0.2) is 25.2 Å². The molecule has 0 aromatic heterocycles. The molecule has 0 heterocycles. The van der Waals surface area contributed by atoms with E-state index in [4.69, 9.17) is 9.84 Å². The van der Waals surface area contributed by atoms with Gasteiger partial charge in [0.05, 0.1) is 7.11 Å². The highest BCUT2D eigenvalue weighted by molar-refractivity contribution is 5.75. The van der Waals surface area contributed by atoms with Crippen molar-refractivity contribution in [2.45, 2.75) is 32.2 Å². The summed E-state index contributed by atoms with van der Waals surface area (Å²) in [7, 11) is 3.26. The third-order valence-corrected chi connectivity index (χ3v) is 2.90. The lowest BCUT2D eigenvalue weighted by molar-refractivity contribution is -0.139. The van der Waals surface area contributed by atoms with Gasteiger partial charge in [0.1, 0.15) is 11.8 Å². The van der Waals surface area contributed by atoms with Gasteiger partial charge in [-0.05, 0) is 35.7 Å². The summed E-state index contributed by atoms with van der Waals surface area (Å²) in [6.45, 7) is 6.22. The average molecular weight is 251 g/mol. The summed E-state index contributed by atoms with van der Waals surface area (Å²) in [6.07, 6.45) is 0. The molecule has 0 saturated carbocycles. The van der Waals surface area contributed by atoms with E-state index in [2.05, 4.69) is 26.1 Å². The first-order valence-corrected chi connectivity index (χ1v) is 5.89. The first kappa shape index (κ1) is 14.5. The van der Waals surface area contributed by atoms with Crippen molar-refractivity contribution in [3.63, 3.8) is 0 Å². The fraction of sp³-hybridized carbons (Fsp3) is 0.500. The van der Waals surface area contributed by atoms with Gasteiger partial charge < -0.3 is 15.2 Å². The zero-order valence-electron chi connectivity index (χ0n) is 11.6. The second kappa shape index (κ2) is 5.40. The van der Waals surface area contributed by atoms with Crippen LogP contribution in [0.15, 0.2) is 18.2 Å². The van der Waals surface area contributed by atoms with Crippen LogP contribution in [0.5, 0.6) is 5.75 Å². The number of methoxy groups -OCH3 is 1. The number of rotatable bonds is 4. The van der Waals surface area contributed by atoms with Crippen molar-refractivity contribution >= 4 is 5.97 Å². The number of hydrogen-bond acceptors (Lipinski definition) is 3. The van der Waals surface area contributed by atoms with E-state index in [0.29, 0.717) is 0 Å². The van der Waals surface area contributed by atoms with Gasteiger partial charge >= 0.3 is 5.97 Å². The van der Waals surface area contributed by atoms with E-state index >= 15 is 0 Å². The van der Waals surface area contributed by atoms with Crippen molar-refractivity contribution in [2.75, 3.05) is 14.2 Å². The molecule has 100 valence electrons. The van der Waals surface area contributed by atoms with Gasteiger partial charge in [0.15, 0.2) is 0 Å². The van der Waals surface area contributed by atoms with Crippen molar-refractivity contribution < 1.29 is 14.6 Å². The molecular weight excluding hydrogens is 230 g/mol. The first-order chi connectivity index (χ1) is 8.31. The van der Waals surface area contributed by atoms with Crippen LogP contribution in [0.25, 0.3) is 0 Å². The summed E-state index contributed by atoms with van der Waals surface area (Å²) in [6, 6.07) is 4.80. The third kappa shape index (κ3) is 3.01. The Morgan fingerprint density at radius 2 is 2.00 bits per heavy atom. The van der Waals surface area contributed by atoms with Crippen LogP contribution in [0, 0.1) is 0 Å². The van der Waals surface area contributed by atoms with Gasteiger partial charge in [0.25, 0.3) is 0 Å². The molecule has 1 aromatic carbocycles. The fourth-order valence-electron chi connectivity index (χ4n) is 1.92. The number of nitrogens with one attached hydrogen (secondary N) is 1. The number of aliphatic carboxylic acids is 1. The number of hydrogen-bond donors (Lipinski definition) is 2. The molecule has 1 atom stereocenters. The van der Waals surface area contributed by atoms with Gasteiger partial charge in [-0.3, -0.25) is 4.79 Å². The highest BCUT2D eigenvalue weighted by Gasteiger charge is 2.23. The smallest absolute Gasteiger partial charge is 0.325 e. The lowest BCUT2D eigenvalue weighted by Crippen LogP contribution is -2.25. The van der Waals surface area contributed by atoms with Crippen LogP contribution in [0.4, 0.5) is 0 Å². The molecule has 0 aliphatic heterocycles. The Kier molecular flexibility index (Phi) is 4.35. The zero-order valence-corrected chi connectivity index (χ0v) is 11.6. The molecule has 0 fully saturated rings. The molecule has 0 aliphatic carbocycles. The number of carboxylic acid groups (broad SMARTS) is 1. The van der Waals surface area contributed by atoms with Crippen molar-refractivity contribution in [2.24, 2.45) is 0 Å². The van der Waals surface area contributed by atoms with E-state index in [9.17, 15) is 4.79 Å². The molecule has 1 unspecified atom stereocenters. The molecule has 0 amide bonds. The summed E-state index contributed by atoms with van der Waals surface area (Å²) < 4.78 is 5.33. The normalized spacial score (nSPS) is 13.2. The summed E-state index contributed by atoms with van der Waals surface area (Å²) in [5, 5.41) is 11.9. The van der Waals surface area contributed by atoms with Crippen LogP contribution in [0.2, 0.25) is 0 Å². The largest absolute Gasteiger partial charge is 0.496 e. The molecule has 0 saturated heterocycles. The molecule has 4 heteroatoms. The maximum atomic E-state index is 11.2. The second-order valence-electron chi connectivity index (χ2n) is 5.27. The average Bonchev–Trinajstić information content (AvgIpc) is 2.28. The minimum atomic E-state index is -0.887. The van der Waals surface area contributed by atoms with Crippen LogP contribution >= 0.6 is 0 Å². The summed E-state index contributed by atoms with van der Waals surface area (Å²) in [5.74, 6) is -0.103. The Balaban J connectivity index is 3.30. The van der Waals surface area contributed by atoms with E-state index in [0.717, 1.165) is 16.9 Å². The van der Waals surface area contributed by atoms with Crippen LogP contribution < -0.4 is 10.1 Å². The number of carbonyl (C=O) groups is 1. The molecule has 0 bridgehead atoms. The monoisotopic (exact) mass is 251 g/mol. The minimum absolute atomic E-state index is 0.0991. The van der Waals surface area contributed by atoms with Crippen LogP contribution in [0.3, 0.4) is 0 Å². The molecular formula is C14H21NO3. The second-order valence-corrected chi connectivity index (χ2v) is 5.27. The lowest BCUT2D eigenvalue weighted by Gasteiger charge is -2.24. The van der Waals surface area contributed by atoms with E-state index in [1.165, 1.54) is 0 Å². The molecule has 0 radical (unpaired) electrons.